The molecule has 1 aromatic heterocycles. The Morgan fingerprint density at radius 3 is 2.69 bits per heavy atom. The van der Waals surface area contributed by atoms with Crippen LogP contribution >= 0.6 is 11.3 Å². The van der Waals surface area contributed by atoms with Crippen molar-refractivity contribution < 1.29 is 8.42 Å². The van der Waals surface area contributed by atoms with Crippen molar-refractivity contribution in [3.05, 3.63) is 21.9 Å². The second-order valence-corrected chi connectivity index (χ2v) is 7.05. The van der Waals surface area contributed by atoms with Crippen molar-refractivity contribution in [2.75, 3.05) is 12.3 Å². The summed E-state index contributed by atoms with van der Waals surface area (Å²) in [7, 11) is -3.35. The summed E-state index contributed by atoms with van der Waals surface area (Å²) in [6.45, 7) is 4.52. The molecule has 0 bridgehead atoms. The Morgan fingerprint density at radius 1 is 1.50 bits per heavy atom. The molecule has 0 amide bonds. The van der Waals surface area contributed by atoms with E-state index < -0.39 is 10.0 Å². The van der Waals surface area contributed by atoms with E-state index in [1.807, 2.05) is 6.92 Å². The minimum atomic E-state index is -3.35. The predicted molar refractivity (Wildman–Crippen MR) is 68.2 cm³/mol. The molecule has 1 unspecified atom stereocenters. The van der Waals surface area contributed by atoms with Gasteiger partial charge in [0.05, 0.1) is 5.75 Å². The zero-order chi connectivity index (χ0) is 12.2. The molecule has 0 fully saturated rings. The lowest BCUT2D eigenvalue weighted by atomic mass is 10.2. The fraction of sp³-hybridized carbons (Fsp3) is 0.600. The average Bonchev–Trinajstić information content (AvgIpc) is 2.48. The van der Waals surface area contributed by atoms with Gasteiger partial charge in [-0.15, -0.1) is 11.3 Å². The first-order valence-corrected chi connectivity index (χ1v) is 7.69. The summed E-state index contributed by atoms with van der Waals surface area (Å²) < 4.78 is 21.4. The summed E-state index contributed by atoms with van der Waals surface area (Å²) in [5, 5.41) is 8.06. The van der Waals surface area contributed by atoms with E-state index in [1.165, 1.54) is 9.75 Å². The van der Waals surface area contributed by atoms with Crippen molar-refractivity contribution in [1.82, 2.24) is 5.32 Å². The second-order valence-electron chi connectivity index (χ2n) is 3.94. The monoisotopic (exact) mass is 262 g/mol. The first-order valence-electron chi connectivity index (χ1n) is 5.16. The van der Waals surface area contributed by atoms with Gasteiger partial charge in [0.2, 0.25) is 10.0 Å². The summed E-state index contributed by atoms with van der Waals surface area (Å²) >= 11 is 1.77. The van der Waals surface area contributed by atoms with Gasteiger partial charge in [0.15, 0.2) is 0 Å². The van der Waals surface area contributed by atoms with E-state index >= 15 is 0 Å². The highest BCUT2D eigenvalue weighted by Gasteiger charge is 2.07. The van der Waals surface area contributed by atoms with Crippen LogP contribution in [0.25, 0.3) is 0 Å². The molecule has 0 aliphatic carbocycles. The smallest absolute Gasteiger partial charge is 0.210 e. The summed E-state index contributed by atoms with van der Waals surface area (Å²) in [5.41, 5.74) is 0. The van der Waals surface area contributed by atoms with E-state index in [9.17, 15) is 8.42 Å². The highest BCUT2D eigenvalue weighted by Crippen LogP contribution is 2.16. The average molecular weight is 262 g/mol. The van der Waals surface area contributed by atoms with E-state index in [0.29, 0.717) is 6.54 Å². The third-order valence-corrected chi connectivity index (χ3v) is 3.98. The van der Waals surface area contributed by atoms with Gasteiger partial charge < -0.3 is 5.32 Å². The third kappa shape index (κ3) is 5.60. The van der Waals surface area contributed by atoms with Gasteiger partial charge >= 0.3 is 0 Å². The fourth-order valence-electron chi connectivity index (χ4n) is 1.42. The van der Waals surface area contributed by atoms with E-state index in [2.05, 4.69) is 24.4 Å². The third-order valence-electron chi connectivity index (χ3n) is 2.18. The molecule has 92 valence electrons. The van der Waals surface area contributed by atoms with Gasteiger partial charge in [0.25, 0.3) is 0 Å². The molecule has 0 spiro atoms. The maximum absolute atomic E-state index is 10.7. The SMILES string of the molecule is Cc1ccc(CC(C)NCCS(N)(=O)=O)s1. The molecule has 6 heteroatoms. The Morgan fingerprint density at radius 2 is 2.19 bits per heavy atom. The largest absolute Gasteiger partial charge is 0.313 e. The van der Waals surface area contributed by atoms with Crippen LogP contribution in [-0.4, -0.2) is 26.8 Å². The number of hydrogen-bond acceptors (Lipinski definition) is 4. The Balaban J connectivity index is 2.29. The van der Waals surface area contributed by atoms with Gasteiger partial charge in [0, 0.05) is 22.3 Å². The number of hydrogen-bond donors (Lipinski definition) is 2. The van der Waals surface area contributed by atoms with Gasteiger partial charge in [-0.2, -0.15) is 0 Å². The Kier molecular flexibility index (Phi) is 4.91. The van der Waals surface area contributed by atoms with Crippen molar-refractivity contribution >= 4 is 21.4 Å². The zero-order valence-electron chi connectivity index (χ0n) is 9.56. The maximum Gasteiger partial charge on any atom is 0.210 e. The van der Waals surface area contributed by atoms with Crippen molar-refractivity contribution in [2.24, 2.45) is 5.14 Å². The van der Waals surface area contributed by atoms with E-state index in [4.69, 9.17) is 5.14 Å². The van der Waals surface area contributed by atoms with Gasteiger partial charge in [-0.05, 0) is 32.4 Å². The molecule has 0 aliphatic rings. The van der Waals surface area contributed by atoms with Crippen LogP contribution in [0.15, 0.2) is 12.1 Å². The van der Waals surface area contributed by atoms with Gasteiger partial charge in [-0.3, -0.25) is 0 Å². The number of sulfonamides is 1. The van der Waals surface area contributed by atoms with Crippen LogP contribution < -0.4 is 10.5 Å². The highest BCUT2D eigenvalue weighted by atomic mass is 32.2. The van der Waals surface area contributed by atoms with Crippen LogP contribution in [-0.2, 0) is 16.4 Å². The number of aryl methyl sites for hydroxylation is 1. The molecular weight excluding hydrogens is 244 g/mol. The molecular formula is C10H18N2O2S2. The molecule has 1 aromatic rings. The van der Waals surface area contributed by atoms with Crippen LogP contribution in [0.1, 0.15) is 16.7 Å². The van der Waals surface area contributed by atoms with Crippen LogP contribution in [0.5, 0.6) is 0 Å². The predicted octanol–water partition coefficient (Wildman–Crippen LogP) is 0.866. The zero-order valence-corrected chi connectivity index (χ0v) is 11.2. The Bertz CT molecular complexity index is 426. The van der Waals surface area contributed by atoms with Gasteiger partial charge in [0.1, 0.15) is 0 Å². The molecule has 4 nitrogen and oxygen atoms in total. The standard InChI is InChI=1S/C10H18N2O2S2/c1-8(12-5-6-16(11,13)14)7-10-4-3-9(2)15-10/h3-4,8,12H,5-7H2,1-2H3,(H2,11,13,14). The molecule has 0 radical (unpaired) electrons. The lowest BCUT2D eigenvalue weighted by molar-refractivity contribution is 0.557. The maximum atomic E-state index is 10.7. The topological polar surface area (TPSA) is 72.2 Å². The van der Waals surface area contributed by atoms with Crippen molar-refractivity contribution in [3.8, 4) is 0 Å². The van der Waals surface area contributed by atoms with Crippen molar-refractivity contribution in [3.63, 3.8) is 0 Å². The number of rotatable bonds is 6. The molecule has 16 heavy (non-hydrogen) atoms. The lowest BCUT2D eigenvalue weighted by Gasteiger charge is -2.11. The molecule has 0 aliphatic heterocycles. The second kappa shape index (κ2) is 5.77. The molecule has 1 atom stereocenters. The first kappa shape index (κ1) is 13.6. The number of thiophene rings is 1. The molecule has 0 saturated carbocycles. The van der Waals surface area contributed by atoms with E-state index in [-0.39, 0.29) is 11.8 Å². The summed E-state index contributed by atoms with van der Waals surface area (Å²) in [4.78, 5) is 2.61. The minimum absolute atomic E-state index is 0.0131. The molecule has 0 aromatic carbocycles. The Hall–Kier alpha value is -0.430. The Labute approximate surface area is 101 Å². The number of nitrogens with two attached hydrogens (primary N) is 1. The summed E-state index contributed by atoms with van der Waals surface area (Å²) in [6, 6.07) is 4.47. The summed E-state index contributed by atoms with van der Waals surface area (Å²) in [5.74, 6) is -0.0131. The van der Waals surface area contributed by atoms with Gasteiger partial charge in [-0.25, -0.2) is 13.6 Å². The van der Waals surface area contributed by atoms with Crippen LogP contribution in [0.3, 0.4) is 0 Å². The highest BCUT2D eigenvalue weighted by molar-refractivity contribution is 7.89. The number of primary sulfonamides is 1. The van der Waals surface area contributed by atoms with Gasteiger partial charge in [-0.1, -0.05) is 0 Å². The molecule has 1 heterocycles. The number of nitrogens with one attached hydrogen (secondary N) is 1. The van der Waals surface area contributed by atoms with Crippen LogP contribution in [0.2, 0.25) is 0 Å². The summed E-state index contributed by atoms with van der Waals surface area (Å²) in [6.07, 6.45) is 0.920. The van der Waals surface area contributed by atoms with E-state index in [1.54, 1.807) is 11.3 Å². The molecule has 0 saturated heterocycles. The minimum Gasteiger partial charge on any atom is -0.313 e. The van der Waals surface area contributed by atoms with Crippen LogP contribution in [0.4, 0.5) is 0 Å². The van der Waals surface area contributed by atoms with Crippen LogP contribution in [0, 0.1) is 6.92 Å². The molecule has 3 N–H and O–H groups in total. The lowest BCUT2D eigenvalue weighted by Crippen LogP contribution is -2.34. The normalized spacial score (nSPS) is 13.9. The quantitative estimate of drug-likeness (QED) is 0.799. The van der Waals surface area contributed by atoms with Crippen molar-refractivity contribution in [2.45, 2.75) is 26.3 Å². The fourth-order valence-corrected chi connectivity index (χ4v) is 2.84. The molecule has 1 rings (SSSR count). The first-order chi connectivity index (χ1) is 7.37. The van der Waals surface area contributed by atoms with Crippen molar-refractivity contribution in [1.29, 1.82) is 0 Å². The van der Waals surface area contributed by atoms with E-state index in [0.717, 1.165) is 6.42 Å².